The molecule has 0 saturated heterocycles. The maximum Gasteiger partial charge on any atom is 0.246 e. The van der Waals surface area contributed by atoms with Crippen molar-refractivity contribution in [3.05, 3.63) is 18.3 Å². The van der Waals surface area contributed by atoms with Crippen LogP contribution < -0.4 is 11.3 Å². The smallest absolute Gasteiger partial charge is 0.246 e. The van der Waals surface area contributed by atoms with Crippen LogP contribution in [0.1, 0.15) is 19.8 Å². The molecule has 0 bridgehead atoms. The molecule has 0 spiro atoms. The normalized spacial score (nSPS) is 11.8. The Kier molecular flexibility index (Phi) is 4.86. The van der Waals surface area contributed by atoms with E-state index in [1.165, 1.54) is 16.6 Å². The molecule has 0 atom stereocenters. The highest BCUT2D eigenvalue weighted by Gasteiger charge is 2.23. The number of nitrogens with one attached hydrogen (secondary N) is 1. The number of hydrazine groups is 1. The van der Waals surface area contributed by atoms with E-state index in [1.807, 2.05) is 6.92 Å². The molecule has 0 aliphatic rings. The van der Waals surface area contributed by atoms with E-state index >= 15 is 0 Å². The van der Waals surface area contributed by atoms with Crippen LogP contribution in [0.2, 0.25) is 0 Å². The summed E-state index contributed by atoms with van der Waals surface area (Å²) in [4.78, 5) is 3.98. The van der Waals surface area contributed by atoms with Gasteiger partial charge < -0.3 is 5.43 Å². The van der Waals surface area contributed by atoms with Gasteiger partial charge in [0.05, 0.1) is 0 Å². The summed E-state index contributed by atoms with van der Waals surface area (Å²) in [5.41, 5.74) is 2.30. The van der Waals surface area contributed by atoms with E-state index in [2.05, 4.69) is 10.4 Å². The fourth-order valence-corrected chi connectivity index (χ4v) is 2.69. The lowest BCUT2D eigenvalue weighted by molar-refractivity contribution is 0.459. The Labute approximate surface area is 102 Å². The molecule has 0 aromatic carbocycles. The standard InChI is InChI=1S/C10H18N4O2S/c1-3-4-8-14(2)17(15,16)9-6-5-7-12-10(9)13-11/h5-7H,3-4,8,11H2,1-2H3,(H,12,13). The molecule has 3 N–H and O–H groups in total. The van der Waals surface area contributed by atoms with Gasteiger partial charge in [-0.3, -0.25) is 0 Å². The van der Waals surface area contributed by atoms with Crippen LogP contribution in [0.4, 0.5) is 5.82 Å². The van der Waals surface area contributed by atoms with E-state index in [0.29, 0.717) is 6.54 Å². The molecule has 0 aliphatic carbocycles. The van der Waals surface area contributed by atoms with Gasteiger partial charge in [-0.25, -0.2) is 23.5 Å². The zero-order valence-corrected chi connectivity index (χ0v) is 10.9. The molecule has 17 heavy (non-hydrogen) atoms. The SMILES string of the molecule is CCCCN(C)S(=O)(=O)c1cccnc1NN. The molecule has 0 unspecified atom stereocenters. The van der Waals surface area contributed by atoms with Gasteiger partial charge in [0.1, 0.15) is 4.90 Å². The fourth-order valence-electron chi connectivity index (χ4n) is 1.38. The number of rotatable bonds is 6. The van der Waals surface area contributed by atoms with E-state index in [-0.39, 0.29) is 10.7 Å². The molecule has 0 aliphatic heterocycles. The van der Waals surface area contributed by atoms with Crippen molar-refractivity contribution in [2.45, 2.75) is 24.7 Å². The highest BCUT2D eigenvalue weighted by molar-refractivity contribution is 7.89. The first-order valence-electron chi connectivity index (χ1n) is 5.42. The molecule has 7 heteroatoms. The predicted octanol–water partition coefficient (Wildman–Crippen LogP) is 0.788. The van der Waals surface area contributed by atoms with Crippen molar-refractivity contribution in [1.82, 2.24) is 9.29 Å². The van der Waals surface area contributed by atoms with Crippen LogP contribution in [0.3, 0.4) is 0 Å². The van der Waals surface area contributed by atoms with Gasteiger partial charge in [-0.1, -0.05) is 13.3 Å². The second kappa shape index (κ2) is 5.95. The minimum atomic E-state index is -3.53. The molecule has 1 rings (SSSR count). The summed E-state index contributed by atoms with van der Waals surface area (Å²) in [6, 6.07) is 3.06. The first-order valence-corrected chi connectivity index (χ1v) is 6.86. The average Bonchev–Trinajstić information content (AvgIpc) is 2.35. The number of hydrogen-bond donors (Lipinski definition) is 2. The van der Waals surface area contributed by atoms with Gasteiger partial charge in [0.2, 0.25) is 10.0 Å². The molecule has 0 radical (unpaired) electrons. The van der Waals surface area contributed by atoms with Gasteiger partial charge in [-0.05, 0) is 18.6 Å². The summed E-state index contributed by atoms with van der Waals surface area (Å²) >= 11 is 0. The van der Waals surface area contributed by atoms with Gasteiger partial charge in [0, 0.05) is 19.8 Å². The third-order valence-electron chi connectivity index (χ3n) is 2.42. The lowest BCUT2D eigenvalue weighted by atomic mass is 10.3. The lowest BCUT2D eigenvalue weighted by Crippen LogP contribution is -2.29. The molecule has 1 aromatic heterocycles. The Morgan fingerprint density at radius 1 is 1.53 bits per heavy atom. The van der Waals surface area contributed by atoms with Crippen LogP contribution in [-0.2, 0) is 10.0 Å². The van der Waals surface area contributed by atoms with Crippen LogP contribution in [0.5, 0.6) is 0 Å². The van der Waals surface area contributed by atoms with E-state index in [9.17, 15) is 8.42 Å². The van der Waals surface area contributed by atoms with Crippen LogP contribution in [-0.4, -0.2) is 31.3 Å². The number of nitrogens with two attached hydrogens (primary N) is 1. The van der Waals surface area contributed by atoms with Gasteiger partial charge in [-0.15, -0.1) is 0 Å². The Balaban J connectivity index is 3.04. The van der Waals surface area contributed by atoms with Gasteiger partial charge in [0.15, 0.2) is 5.82 Å². The summed E-state index contributed by atoms with van der Waals surface area (Å²) < 4.78 is 25.7. The number of unbranched alkanes of at least 4 members (excludes halogenated alkanes) is 1. The van der Waals surface area contributed by atoms with E-state index < -0.39 is 10.0 Å². The molecule has 6 nitrogen and oxygen atoms in total. The summed E-state index contributed by atoms with van der Waals surface area (Å²) in [6.07, 6.45) is 3.25. The molecule has 96 valence electrons. The number of nitrogens with zero attached hydrogens (tertiary/aromatic N) is 2. The molecular weight excluding hydrogens is 240 g/mol. The molecule has 0 amide bonds. The number of pyridine rings is 1. The lowest BCUT2D eigenvalue weighted by Gasteiger charge is -2.18. The predicted molar refractivity (Wildman–Crippen MR) is 66.8 cm³/mol. The van der Waals surface area contributed by atoms with Crippen molar-refractivity contribution in [1.29, 1.82) is 0 Å². The number of sulfonamides is 1. The molecule has 1 aromatic rings. The molecule has 0 fully saturated rings. The van der Waals surface area contributed by atoms with E-state index in [4.69, 9.17) is 5.84 Å². The summed E-state index contributed by atoms with van der Waals surface area (Å²) in [7, 11) is -1.97. The minimum Gasteiger partial charge on any atom is -0.307 e. The number of anilines is 1. The third kappa shape index (κ3) is 3.15. The zero-order chi connectivity index (χ0) is 12.9. The minimum absolute atomic E-state index is 0.0982. The van der Waals surface area contributed by atoms with Gasteiger partial charge >= 0.3 is 0 Å². The van der Waals surface area contributed by atoms with Crippen molar-refractivity contribution >= 4 is 15.8 Å². The Bertz CT molecular complexity index is 461. The van der Waals surface area contributed by atoms with Crippen molar-refractivity contribution in [3.63, 3.8) is 0 Å². The topological polar surface area (TPSA) is 88.3 Å². The second-order valence-electron chi connectivity index (χ2n) is 3.67. The fraction of sp³-hybridized carbons (Fsp3) is 0.500. The first-order chi connectivity index (χ1) is 8.04. The van der Waals surface area contributed by atoms with Crippen LogP contribution >= 0.6 is 0 Å². The Morgan fingerprint density at radius 3 is 2.82 bits per heavy atom. The quantitative estimate of drug-likeness (QED) is 0.581. The van der Waals surface area contributed by atoms with E-state index in [1.54, 1.807) is 13.1 Å². The number of hydrogen-bond acceptors (Lipinski definition) is 5. The summed E-state index contributed by atoms with van der Waals surface area (Å²) in [6.45, 7) is 2.50. The molecular formula is C10H18N4O2S. The number of aromatic nitrogens is 1. The van der Waals surface area contributed by atoms with Crippen LogP contribution in [0, 0.1) is 0 Å². The van der Waals surface area contributed by atoms with Gasteiger partial charge in [-0.2, -0.15) is 0 Å². The third-order valence-corrected chi connectivity index (χ3v) is 4.31. The van der Waals surface area contributed by atoms with Crippen molar-refractivity contribution in [3.8, 4) is 0 Å². The maximum absolute atomic E-state index is 12.2. The highest BCUT2D eigenvalue weighted by atomic mass is 32.2. The summed E-state index contributed by atoms with van der Waals surface area (Å²) in [5, 5.41) is 0. The Morgan fingerprint density at radius 2 is 2.24 bits per heavy atom. The largest absolute Gasteiger partial charge is 0.307 e. The highest BCUT2D eigenvalue weighted by Crippen LogP contribution is 2.20. The molecule has 1 heterocycles. The van der Waals surface area contributed by atoms with Crippen LogP contribution in [0.15, 0.2) is 23.2 Å². The first kappa shape index (κ1) is 13.9. The van der Waals surface area contributed by atoms with Crippen molar-refractivity contribution in [2.75, 3.05) is 19.0 Å². The van der Waals surface area contributed by atoms with Crippen LogP contribution in [0.25, 0.3) is 0 Å². The number of nitrogen functional groups attached to an aromatic ring is 1. The van der Waals surface area contributed by atoms with Gasteiger partial charge in [0.25, 0.3) is 0 Å². The average molecular weight is 258 g/mol. The maximum atomic E-state index is 12.2. The molecule has 0 saturated carbocycles. The summed E-state index contributed by atoms with van der Waals surface area (Å²) in [5.74, 6) is 5.41. The Hall–Kier alpha value is -1.18. The van der Waals surface area contributed by atoms with Crippen molar-refractivity contribution < 1.29 is 8.42 Å². The monoisotopic (exact) mass is 258 g/mol. The van der Waals surface area contributed by atoms with Crippen molar-refractivity contribution in [2.24, 2.45) is 5.84 Å². The van der Waals surface area contributed by atoms with E-state index in [0.717, 1.165) is 12.8 Å². The zero-order valence-electron chi connectivity index (χ0n) is 10.0. The second-order valence-corrected chi connectivity index (χ2v) is 5.69.